The van der Waals surface area contributed by atoms with Crippen molar-refractivity contribution in [3.8, 4) is 0 Å². The molecule has 0 saturated carbocycles. The van der Waals surface area contributed by atoms with Crippen molar-refractivity contribution in [1.82, 2.24) is 4.90 Å². The van der Waals surface area contributed by atoms with Crippen LogP contribution in [-0.2, 0) is 25.6 Å². The zero-order chi connectivity index (χ0) is 16.2. The molecule has 1 fully saturated rings. The van der Waals surface area contributed by atoms with Crippen molar-refractivity contribution in [1.29, 1.82) is 0 Å². The van der Waals surface area contributed by atoms with Crippen molar-refractivity contribution in [2.24, 2.45) is 0 Å². The van der Waals surface area contributed by atoms with E-state index in [1.54, 1.807) is 4.90 Å². The Labute approximate surface area is 130 Å². The van der Waals surface area contributed by atoms with Crippen LogP contribution in [0.5, 0.6) is 0 Å². The zero-order valence-electron chi connectivity index (χ0n) is 13.0. The van der Waals surface area contributed by atoms with Gasteiger partial charge in [0.1, 0.15) is 0 Å². The van der Waals surface area contributed by atoms with Gasteiger partial charge >= 0.3 is 11.9 Å². The number of carbonyl (C=O) groups is 2. The molecule has 2 rings (SSSR count). The number of hydrogen-bond donors (Lipinski definition) is 0. The summed E-state index contributed by atoms with van der Waals surface area (Å²) in [5.41, 5.74) is -0.0276. The van der Waals surface area contributed by atoms with E-state index in [1.807, 2.05) is 30.3 Å². The van der Waals surface area contributed by atoms with Gasteiger partial charge in [-0.3, -0.25) is 4.90 Å². The number of nitrogens with zero attached hydrogens (tertiary/aromatic N) is 1. The summed E-state index contributed by atoms with van der Waals surface area (Å²) in [5.74, 6) is -1.28. The molecular weight excluding hydrogens is 282 g/mol. The first-order chi connectivity index (χ1) is 10.6. The summed E-state index contributed by atoms with van der Waals surface area (Å²) in [7, 11) is 2.55. The second-order valence-corrected chi connectivity index (χ2v) is 5.31. The molecule has 0 aromatic heterocycles. The first-order valence-corrected chi connectivity index (χ1v) is 7.21. The highest BCUT2D eigenvalue weighted by molar-refractivity contribution is 6.08. The minimum Gasteiger partial charge on any atom is -0.467 e. The van der Waals surface area contributed by atoms with Crippen LogP contribution < -0.4 is 0 Å². The van der Waals surface area contributed by atoms with Gasteiger partial charge in [-0.2, -0.15) is 0 Å². The van der Waals surface area contributed by atoms with Gasteiger partial charge in [0.2, 0.25) is 5.54 Å². The van der Waals surface area contributed by atoms with E-state index in [-0.39, 0.29) is 0 Å². The molecule has 1 aliphatic heterocycles. The number of piperidine rings is 1. The number of hydrogen-bond acceptors (Lipinski definition) is 5. The number of ether oxygens (including phenoxy) is 2. The Kier molecular flexibility index (Phi) is 4.98. The van der Waals surface area contributed by atoms with Gasteiger partial charge in [0.15, 0.2) is 0 Å². The van der Waals surface area contributed by atoms with Crippen molar-refractivity contribution in [3.05, 3.63) is 48.0 Å². The standard InChI is InChI=1S/C17H21NO4/c1-13-8-7-11-18(12-14-9-5-4-6-10-14)17(13,15(19)21-2)16(20)22-3/h4-6,9-10H,1,7-8,11-12H2,2-3H3. The summed E-state index contributed by atoms with van der Waals surface area (Å²) < 4.78 is 9.82. The van der Waals surface area contributed by atoms with Gasteiger partial charge in [0.05, 0.1) is 14.2 Å². The molecule has 1 aromatic carbocycles. The van der Waals surface area contributed by atoms with Gasteiger partial charge in [-0.15, -0.1) is 0 Å². The Morgan fingerprint density at radius 1 is 1.18 bits per heavy atom. The smallest absolute Gasteiger partial charge is 0.342 e. The van der Waals surface area contributed by atoms with Crippen molar-refractivity contribution >= 4 is 11.9 Å². The lowest BCUT2D eigenvalue weighted by Gasteiger charge is -2.43. The molecule has 1 aliphatic rings. The summed E-state index contributed by atoms with van der Waals surface area (Å²) in [6.07, 6.45) is 1.43. The third-order valence-corrected chi connectivity index (χ3v) is 4.07. The number of likely N-dealkylation sites (tertiary alicyclic amines) is 1. The molecule has 5 heteroatoms. The molecular formula is C17H21NO4. The lowest BCUT2D eigenvalue weighted by atomic mass is 9.81. The number of benzene rings is 1. The Morgan fingerprint density at radius 3 is 2.32 bits per heavy atom. The average Bonchev–Trinajstić information content (AvgIpc) is 2.55. The van der Waals surface area contributed by atoms with E-state index in [0.29, 0.717) is 25.1 Å². The van der Waals surface area contributed by atoms with Crippen LogP contribution in [0.25, 0.3) is 0 Å². The van der Waals surface area contributed by atoms with Crippen molar-refractivity contribution < 1.29 is 19.1 Å². The van der Waals surface area contributed by atoms with Crippen molar-refractivity contribution in [3.63, 3.8) is 0 Å². The fourth-order valence-corrected chi connectivity index (χ4v) is 2.98. The van der Waals surface area contributed by atoms with Crippen LogP contribution in [0, 0.1) is 0 Å². The van der Waals surface area contributed by atoms with Gasteiger partial charge in [0, 0.05) is 13.1 Å². The minimum atomic E-state index is -1.56. The van der Waals surface area contributed by atoms with Crippen LogP contribution in [0.15, 0.2) is 42.5 Å². The second kappa shape index (κ2) is 6.75. The molecule has 22 heavy (non-hydrogen) atoms. The second-order valence-electron chi connectivity index (χ2n) is 5.31. The molecule has 1 heterocycles. The quantitative estimate of drug-likeness (QED) is 0.483. The lowest BCUT2D eigenvalue weighted by molar-refractivity contribution is -0.170. The van der Waals surface area contributed by atoms with Gasteiger partial charge in [-0.05, 0) is 24.0 Å². The van der Waals surface area contributed by atoms with E-state index < -0.39 is 17.5 Å². The predicted molar refractivity (Wildman–Crippen MR) is 82.0 cm³/mol. The molecule has 1 aromatic rings. The molecule has 0 spiro atoms. The van der Waals surface area contributed by atoms with Crippen LogP contribution in [0.3, 0.4) is 0 Å². The molecule has 0 aliphatic carbocycles. The van der Waals surface area contributed by atoms with E-state index in [2.05, 4.69) is 6.58 Å². The fourth-order valence-electron chi connectivity index (χ4n) is 2.98. The Morgan fingerprint density at radius 2 is 1.77 bits per heavy atom. The van der Waals surface area contributed by atoms with Crippen LogP contribution in [0.2, 0.25) is 0 Å². The molecule has 0 unspecified atom stereocenters. The highest BCUT2D eigenvalue weighted by Crippen LogP contribution is 2.35. The van der Waals surface area contributed by atoms with Crippen LogP contribution in [-0.4, -0.2) is 43.1 Å². The molecule has 0 atom stereocenters. The van der Waals surface area contributed by atoms with Crippen LogP contribution in [0.1, 0.15) is 18.4 Å². The van der Waals surface area contributed by atoms with Gasteiger partial charge in [-0.25, -0.2) is 9.59 Å². The Hall–Kier alpha value is -2.14. The number of methoxy groups -OCH3 is 2. The topological polar surface area (TPSA) is 55.8 Å². The van der Waals surface area contributed by atoms with E-state index in [1.165, 1.54) is 14.2 Å². The minimum absolute atomic E-state index is 0.448. The maximum Gasteiger partial charge on any atom is 0.342 e. The normalized spacial score (nSPS) is 17.8. The highest BCUT2D eigenvalue weighted by Gasteiger charge is 2.56. The summed E-state index contributed by atoms with van der Waals surface area (Å²) in [4.78, 5) is 26.7. The number of rotatable bonds is 4. The summed E-state index contributed by atoms with van der Waals surface area (Å²) in [5, 5.41) is 0. The zero-order valence-corrected chi connectivity index (χ0v) is 13.0. The van der Waals surface area contributed by atoms with Gasteiger partial charge in [0.25, 0.3) is 0 Å². The molecule has 0 radical (unpaired) electrons. The third kappa shape index (κ3) is 2.64. The fraction of sp³-hybridized carbons (Fsp3) is 0.412. The maximum atomic E-state index is 12.5. The number of esters is 2. The van der Waals surface area contributed by atoms with Crippen molar-refractivity contribution in [2.45, 2.75) is 24.9 Å². The van der Waals surface area contributed by atoms with E-state index in [9.17, 15) is 9.59 Å². The highest BCUT2D eigenvalue weighted by atomic mass is 16.5. The third-order valence-electron chi connectivity index (χ3n) is 4.07. The summed E-state index contributed by atoms with van der Waals surface area (Å²) >= 11 is 0. The molecule has 5 nitrogen and oxygen atoms in total. The van der Waals surface area contributed by atoms with E-state index in [0.717, 1.165) is 12.0 Å². The van der Waals surface area contributed by atoms with E-state index >= 15 is 0 Å². The molecule has 0 bridgehead atoms. The predicted octanol–water partition coefficient (Wildman–Crippen LogP) is 1.92. The maximum absolute atomic E-state index is 12.5. The van der Waals surface area contributed by atoms with E-state index in [4.69, 9.17) is 9.47 Å². The Bertz CT molecular complexity index is 538. The number of carbonyl (C=O) groups excluding carboxylic acids is 2. The first kappa shape index (κ1) is 16.2. The Balaban J connectivity index is 2.45. The summed E-state index contributed by atoms with van der Waals surface area (Å²) in [6, 6.07) is 9.68. The average molecular weight is 303 g/mol. The van der Waals surface area contributed by atoms with Crippen LogP contribution >= 0.6 is 0 Å². The SMILES string of the molecule is C=C1CCCN(Cc2ccccc2)C1(C(=O)OC)C(=O)OC. The molecule has 118 valence electrons. The van der Waals surface area contributed by atoms with Crippen molar-refractivity contribution in [2.75, 3.05) is 20.8 Å². The molecule has 0 amide bonds. The lowest BCUT2D eigenvalue weighted by Crippen LogP contribution is -2.63. The largest absolute Gasteiger partial charge is 0.467 e. The van der Waals surface area contributed by atoms with Crippen LogP contribution in [0.4, 0.5) is 0 Å². The van der Waals surface area contributed by atoms with Gasteiger partial charge < -0.3 is 9.47 Å². The van der Waals surface area contributed by atoms with Gasteiger partial charge in [-0.1, -0.05) is 36.9 Å². The first-order valence-electron chi connectivity index (χ1n) is 7.21. The molecule has 0 N–H and O–H groups in total. The summed E-state index contributed by atoms with van der Waals surface area (Å²) in [6.45, 7) is 5.00. The molecule has 1 saturated heterocycles. The monoisotopic (exact) mass is 303 g/mol.